The van der Waals surface area contributed by atoms with E-state index < -0.39 is 0 Å². The fraction of sp³-hybridized carbons (Fsp3) is 0. The first kappa shape index (κ1) is 17.9. The predicted molar refractivity (Wildman–Crippen MR) is 8.69 cm³/mol. The summed E-state index contributed by atoms with van der Waals surface area (Å²) in [5, 5.41) is 6.89. The van der Waals surface area contributed by atoms with E-state index in [4.69, 9.17) is 9.90 Å². The van der Waals surface area contributed by atoms with Gasteiger partial charge in [-0.25, -0.2) is 0 Å². The smallest absolute Gasteiger partial charge is 0.290 e. The van der Waals surface area contributed by atoms with Crippen molar-refractivity contribution in [2.75, 3.05) is 0 Å². The van der Waals surface area contributed by atoms with Crippen molar-refractivity contribution in [3.63, 3.8) is 0 Å². The van der Waals surface area contributed by atoms with E-state index in [0.717, 1.165) is 0 Å². The molecule has 5 heavy (non-hydrogen) atoms. The Labute approximate surface area is 50.3 Å². The SMILES string of the molecule is O=CO.[Cu].[Ni]. The van der Waals surface area contributed by atoms with Crippen LogP contribution < -0.4 is 0 Å². The third-order valence-corrected chi connectivity index (χ3v) is 0. The van der Waals surface area contributed by atoms with Gasteiger partial charge in [-0.05, 0) is 0 Å². The molecule has 1 radical (unpaired) electrons. The van der Waals surface area contributed by atoms with Gasteiger partial charge in [-0.3, -0.25) is 4.79 Å². The van der Waals surface area contributed by atoms with E-state index in [1.807, 2.05) is 0 Å². The van der Waals surface area contributed by atoms with Gasteiger partial charge in [0.15, 0.2) is 0 Å². The van der Waals surface area contributed by atoms with Crippen LogP contribution in [0.2, 0.25) is 0 Å². The van der Waals surface area contributed by atoms with Gasteiger partial charge in [-0.15, -0.1) is 0 Å². The molecule has 0 aliphatic rings. The number of carbonyl (C=O) groups is 1. The maximum atomic E-state index is 8.36. The molecule has 2 nitrogen and oxygen atoms in total. The van der Waals surface area contributed by atoms with Crippen LogP contribution in [0.4, 0.5) is 0 Å². The van der Waals surface area contributed by atoms with Crippen LogP contribution in [0.25, 0.3) is 0 Å². The van der Waals surface area contributed by atoms with Crippen molar-refractivity contribution < 1.29 is 43.5 Å². The van der Waals surface area contributed by atoms with E-state index in [2.05, 4.69) is 0 Å². The van der Waals surface area contributed by atoms with Crippen LogP contribution in [0.5, 0.6) is 0 Å². The number of hydrogen-bond donors (Lipinski definition) is 1. The molecule has 1 N–H and O–H groups in total. The molecule has 0 amide bonds. The Bertz CT molecular complexity index is 17.1. The monoisotopic (exact) mass is 167 g/mol. The third-order valence-electron chi connectivity index (χ3n) is 0. The first-order valence-electron chi connectivity index (χ1n) is 0.494. The molecule has 4 heteroatoms. The Morgan fingerprint density at radius 2 is 1.60 bits per heavy atom. The summed E-state index contributed by atoms with van der Waals surface area (Å²) in [6, 6.07) is 0. The van der Waals surface area contributed by atoms with Gasteiger partial charge in [0.1, 0.15) is 0 Å². The summed E-state index contributed by atoms with van der Waals surface area (Å²) in [4.78, 5) is 8.36. The summed E-state index contributed by atoms with van der Waals surface area (Å²) >= 11 is 0. The number of carboxylic acid groups (broad SMARTS) is 1. The van der Waals surface area contributed by atoms with Gasteiger partial charge in [-0.2, -0.15) is 0 Å². The number of rotatable bonds is 0. The van der Waals surface area contributed by atoms with Gasteiger partial charge in [-0.1, -0.05) is 0 Å². The van der Waals surface area contributed by atoms with E-state index in [0.29, 0.717) is 0 Å². The fourth-order valence-corrected chi connectivity index (χ4v) is 0. The second-order valence-corrected chi connectivity index (χ2v) is 0.105. The maximum absolute atomic E-state index is 8.36. The topological polar surface area (TPSA) is 37.3 Å². The van der Waals surface area contributed by atoms with Gasteiger partial charge < -0.3 is 5.11 Å². The molecule has 0 saturated heterocycles. The summed E-state index contributed by atoms with van der Waals surface area (Å²) < 4.78 is 0. The molecule has 0 fully saturated rings. The Morgan fingerprint density at radius 3 is 1.60 bits per heavy atom. The van der Waals surface area contributed by atoms with Crippen LogP contribution in [0, 0.1) is 0 Å². The van der Waals surface area contributed by atoms with Gasteiger partial charge >= 0.3 is 0 Å². The average Bonchev–Trinajstić information content (AvgIpc) is 0.918. The summed E-state index contributed by atoms with van der Waals surface area (Å²) in [7, 11) is 0. The van der Waals surface area contributed by atoms with Crippen molar-refractivity contribution in [3.05, 3.63) is 0 Å². The average molecular weight is 168 g/mol. The summed E-state index contributed by atoms with van der Waals surface area (Å²) in [6.07, 6.45) is 0. The van der Waals surface area contributed by atoms with Crippen LogP contribution in [-0.2, 0) is 38.4 Å². The molecule has 0 aromatic rings. The number of hydrogen-bond acceptors (Lipinski definition) is 1. The first-order valence-corrected chi connectivity index (χ1v) is 0.494. The molecule has 0 aliphatic carbocycles. The zero-order chi connectivity index (χ0) is 2.71. The summed E-state index contributed by atoms with van der Waals surface area (Å²) in [6.45, 7) is -0.250. The molecule has 0 spiro atoms. The Kier molecular flexibility index (Phi) is 88.4. The van der Waals surface area contributed by atoms with E-state index in [9.17, 15) is 0 Å². The zero-order valence-corrected chi connectivity index (χ0v) is 3.98. The van der Waals surface area contributed by atoms with Crippen molar-refractivity contribution >= 4 is 6.47 Å². The van der Waals surface area contributed by atoms with E-state index in [1.54, 1.807) is 0 Å². The van der Waals surface area contributed by atoms with E-state index >= 15 is 0 Å². The second-order valence-electron chi connectivity index (χ2n) is 0.105. The van der Waals surface area contributed by atoms with E-state index in [1.165, 1.54) is 0 Å². The van der Waals surface area contributed by atoms with Crippen LogP contribution in [0.15, 0.2) is 0 Å². The minimum atomic E-state index is -0.250. The maximum Gasteiger partial charge on any atom is 0.290 e. The van der Waals surface area contributed by atoms with Crippen molar-refractivity contribution in [2.24, 2.45) is 0 Å². The molecular weight excluding hydrogens is 166 g/mol. The normalized spacial score (nSPS) is 2.40. The van der Waals surface area contributed by atoms with Crippen LogP contribution in [-0.4, -0.2) is 11.6 Å². The quantitative estimate of drug-likeness (QED) is 0.398. The summed E-state index contributed by atoms with van der Waals surface area (Å²) in [5.41, 5.74) is 0. The molecule has 39 valence electrons. The van der Waals surface area contributed by atoms with E-state index in [-0.39, 0.29) is 40.0 Å². The zero-order valence-electron chi connectivity index (χ0n) is 2.05. The Morgan fingerprint density at radius 1 is 1.60 bits per heavy atom. The van der Waals surface area contributed by atoms with Crippen LogP contribution in [0.3, 0.4) is 0 Å². The molecule has 0 saturated carbocycles. The Hall–Kier alpha value is 0.483. The van der Waals surface area contributed by atoms with Crippen molar-refractivity contribution in [2.45, 2.75) is 0 Å². The van der Waals surface area contributed by atoms with Gasteiger partial charge in [0.05, 0.1) is 0 Å². The molecule has 0 rings (SSSR count). The third kappa shape index (κ3) is 118. The predicted octanol–water partition coefficient (Wildman–Crippen LogP) is -0.304. The first-order chi connectivity index (χ1) is 1.41. The minimum Gasteiger partial charge on any atom is -0.483 e. The minimum absolute atomic E-state index is 0. The van der Waals surface area contributed by atoms with Crippen molar-refractivity contribution in [1.29, 1.82) is 0 Å². The van der Waals surface area contributed by atoms with Crippen molar-refractivity contribution in [1.82, 2.24) is 0 Å². The molecule has 0 heterocycles. The Balaban J connectivity index is -0.0000000200. The molecule has 0 aliphatic heterocycles. The molecule has 0 aromatic carbocycles. The van der Waals surface area contributed by atoms with Gasteiger partial charge in [0.25, 0.3) is 6.47 Å². The molecule has 0 aromatic heterocycles. The fourth-order valence-electron chi connectivity index (χ4n) is 0. The van der Waals surface area contributed by atoms with Crippen molar-refractivity contribution in [3.8, 4) is 0 Å². The second kappa shape index (κ2) is 24.7. The van der Waals surface area contributed by atoms with Crippen LogP contribution >= 0.6 is 0 Å². The molecule has 0 bridgehead atoms. The molecular formula is CH2CuNiO2. The van der Waals surface area contributed by atoms with Gasteiger partial charge in [0.2, 0.25) is 0 Å². The van der Waals surface area contributed by atoms with Gasteiger partial charge in [0, 0.05) is 33.6 Å². The molecule has 0 atom stereocenters. The molecule has 0 unspecified atom stereocenters. The summed E-state index contributed by atoms with van der Waals surface area (Å²) in [5.74, 6) is 0. The largest absolute Gasteiger partial charge is 0.483 e. The van der Waals surface area contributed by atoms with Crippen LogP contribution in [0.1, 0.15) is 0 Å². The standard InChI is InChI=1S/CH2O2.Cu.Ni/c2-1-3;;/h1H,(H,2,3);;.